The predicted octanol–water partition coefficient (Wildman–Crippen LogP) is 3.62. The van der Waals surface area contributed by atoms with Gasteiger partial charge in [-0.15, -0.1) is 0 Å². The summed E-state index contributed by atoms with van der Waals surface area (Å²) < 4.78 is 5.24. The fourth-order valence-electron chi connectivity index (χ4n) is 2.94. The third-order valence-corrected chi connectivity index (χ3v) is 4.49. The van der Waals surface area contributed by atoms with Crippen LogP contribution in [0.1, 0.15) is 26.3 Å². The Kier molecular flexibility index (Phi) is 7.01. The second kappa shape index (κ2) is 10.1. The summed E-state index contributed by atoms with van der Waals surface area (Å²) in [6, 6.07) is 20.7. The van der Waals surface area contributed by atoms with E-state index in [-0.39, 0.29) is 18.0 Å². The lowest BCUT2D eigenvalue weighted by molar-refractivity contribution is -0.115. The molecule has 0 heterocycles. The molecule has 0 aromatic heterocycles. The molecule has 3 aromatic carbocycles. The molecule has 3 amide bonds. The largest absolute Gasteiger partial charge is 0.495 e. The van der Waals surface area contributed by atoms with E-state index in [2.05, 4.69) is 16.0 Å². The topological polar surface area (TPSA) is 96.5 Å². The highest BCUT2D eigenvalue weighted by atomic mass is 16.5. The van der Waals surface area contributed by atoms with Crippen LogP contribution in [0.25, 0.3) is 0 Å². The first-order chi connectivity index (χ1) is 15.0. The van der Waals surface area contributed by atoms with Gasteiger partial charge in [-0.25, -0.2) is 0 Å². The number of hydrogen-bond donors (Lipinski definition) is 3. The standard InChI is InChI=1S/C24H23N3O4/c1-16-12-13-21(31-2)20(14-16)26-22(28)15-25-24(30)18-10-6-7-11-19(18)27-23(29)17-8-4-3-5-9-17/h3-14H,15H2,1-2H3,(H,25,30)(H,26,28)(H,27,29). The van der Waals surface area contributed by atoms with Gasteiger partial charge in [0, 0.05) is 5.56 Å². The lowest BCUT2D eigenvalue weighted by Crippen LogP contribution is -2.33. The quantitative estimate of drug-likeness (QED) is 0.547. The first kappa shape index (κ1) is 21.6. The molecule has 0 fully saturated rings. The number of hydrogen-bond acceptors (Lipinski definition) is 4. The summed E-state index contributed by atoms with van der Waals surface area (Å²) in [6.07, 6.45) is 0. The number of para-hydroxylation sites is 1. The average Bonchev–Trinajstić information content (AvgIpc) is 2.78. The fraction of sp³-hybridized carbons (Fsp3) is 0.125. The molecule has 3 aromatic rings. The SMILES string of the molecule is COc1ccc(C)cc1NC(=O)CNC(=O)c1ccccc1NC(=O)c1ccccc1. The van der Waals surface area contributed by atoms with Crippen LogP contribution >= 0.6 is 0 Å². The highest BCUT2D eigenvalue weighted by Crippen LogP contribution is 2.25. The molecule has 0 atom stereocenters. The minimum absolute atomic E-state index is 0.239. The Balaban J connectivity index is 1.64. The van der Waals surface area contributed by atoms with E-state index in [0.717, 1.165) is 5.56 Å². The van der Waals surface area contributed by atoms with E-state index < -0.39 is 11.8 Å². The van der Waals surface area contributed by atoms with Gasteiger partial charge in [-0.05, 0) is 48.9 Å². The summed E-state index contributed by atoms with van der Waals surface area (Å²) in [5, 5.41) is 8.05. The van der Waals surface area contributed by atoms with Crippen molar-refractivity contribution in [2.75, 3.05) is 24.3 Å². The van der Waals surface area contributed by atoms with Crippen molar-refractivity contribution in [1.29, 1.82) is 0 Å². The molecule has 0 aliphatic rings. The Morgan fingerprint density at radius 2 is 1.52 bits per heavy atom. The minimum atomic E-state index is -0.477. The van der Waals surface area contributed by atoms with E-state index in [1.807, 2.05) is 19.1 Å². The van der Waals surface area contributed by atoms with Crippen molar-refractivity contribution in [2.45, 2.75) is 6.92 Å². The van der Waals surface area contributed by atoms with E-state index in [1.165, 1.54) is 7.11 Å². The number of ether oxygens (including phenoxy) is 1. The van der Waals surface area contributed by atoms with Gasteiger partial charge in [0.05, 0.1) is 30.6 Å². The molecule has 0 unspecified atom stereocenters. The third-order valence-electron chi connectivity index (χ3n) is 4.49. The molecule has 0 radical (unpaired) electrons. The number of carbonyl (C=O) groups is 3. The highest BCUT2D eigenvalue weighted by molar-refractivity contribution is 6.09. The van der Waals surface area contributed by atoms with Crippen molar-refractivity contribution >= 4 is 29.1 Å². The molecule has 0 spiro atoms. The van der Waals surface area contributed by atoms with Crippen LogP contribution < -0.4 is 20.7 Å². The second-order valence-electron chi connectivity index (χ2n) is 6.80. The Morgan fingerprint density at radius 3 is 2.26 bits per heavy atom. The first-order valence-electron chi connectivity index (χ1n) is 9.66. The van der Waals surface area contributed by atoms with Gasteiger partial charge in [-0.2, -0.15) is 0 Å². The van der Waals surface area contributed by atoms with Crippen molar-refractivity contribution < 1.29 is 19.1 Å². The summed E-state index contributed by atoms with van der Waals surface area (Å²) in [5.74, 6) is -0.678. The molecule has 31 heavy (non-hydrogen) atoms. The Bertz CT molecular complexity index is 1100. The van der Waals surface area contributed by atoms with E-state index in [9.17, 15) is 14.4 Å². The smallest absolute Gasteiger partial charge is 0.255 e. The fourth-order valence-corrected chi connectivity index (χ4v) is 2.94. The van der Waals surface area contributed by atoms with Crippen LogP contribution in [-0.4, -0.2) is 31.4 Å². The van der Waals surface area contributed by atoms with Crippen LogP contribution in [0.2, 0.25) is 0 Å². The van der Waals surface area contributed by atoms with Crippen LogP contribution in [0, 0.1) is 6.92 Å². The molecule has 7 nitrogen and oxygen atoms in total. The maximum Gasteiger partial charge on any atom is 0.255 e. The van der Waals surface area contributed by atoms with E-state index in [4.69, 9.17) is 4.74 Å². The van der Waals surface area contributed by atoms with E-state index >= 15 is 0 Å². The molecule has 0 aliphatic heterocycles. The van der Waals surface area contributed by atoms with Gasteiger partial charge in [-0.1, -0.05) is 36.4 Å². The second-order valence-corrected chi connectivity index (χ2v) is 6.80. The number of anilines is 2. The summed E-state index contributed by atoms with van der Waals surface area (Å²) >= 11 is 0. The van der Waals surface area contributed by atoms with Gasteiger partial charge >= 0.3 is 0 Å². The Morgan fingerprint density at radius 1 is 0.806 bits per heavy atom. The van der Waals surface area contributed by atoms with Crippen molar-refractivity contribution in [3.05, 3.63) is 89.5 Å². The van der Waals surface area contributed by atoms with Crippen LogP contribution in [-0.2, 0) is 4.79 Å². The zero-order chi connectivity index (χ0) is 22.2. The van der Waals surface area contributed by atoms with Crippen LogP contribution in [0.15, 0.2) is 72.8 Å². The molecular formula is C24H23N3O4. The molecule has 0 saturated heterocycles. The maximum absolute atomic E-state index is 12.7. The van der Waals surface area contributed by atoms with Gasteiger partial charge in [0.2, 0.25) is 5.91 Å². The molecule has 7 heteroatoms. The highest BCUT2D eigenvalue weighted by Gasteiger charge is 2.15. The van der Waals surface area contributed by atoms with Gasteiger partial charge in [0.25, 0.3) is 11.8 Å². The number of methoxy groups -OCH3 is 1. The number of carbonyl (C=O) groups excluding carboxylic acids is 3. The van der Waals surface area contributed by atoms with Gasteiger partial charge in [-0.3, -0.25) is 14.4 Å². The van der Waals surface area contributed by atoms with Gasteiger partial charge < -0.3 is 20.7 Å². The summed E-state index contributed by atoms with van der Waals surface area (Å²) in [5.41, 5.74) is 2.58. The summed E-state index contributed by atoms with van der Waals surface area (Å²) in [4.78, 5) is 37.4. The number of amides is 3. The normalized spacial score (nSPS) is 10.1. The molecule has 0 saturated carbocycles. The predicted molar refractivity (Wildman–Crippen MR) is 120 cm³/mol. The minimum Gasteiger partial charge on any atom is -0.495 e. The van der Waals surface area contributed by atoms with Crippen molar-refractivity contribution in [3.63, 3.8) is 0 Å². The van der Waals surface area contributed by atoms with Gasteiger partial charge in [0.1, 0.15) is 5.75 Å². The zero-order valence-electron chi connectivity index (χ0n) is 17.3. The number of nitrogens with one attached hydrogen (secondary N) is 3. The lowest BCUT2D eigenvalue weighted by Gasteiger charge is -2.13. The summed E-state index contributed by atoms with van der Waals surface area (Å²) in [6.45, 7) is 1.66. The van der Waals surface area contributed by atoms with Crippen LogP contribution in [0.4, 0.5) is 11.4 Å². The third kappa shape index (κ3) is 5.70. The van der Waals surface area contributed by atoms with Gasteiger partial charge in [0.15, 0.2) is 0 Å². The monoisotopic (exact) mass is 417 g/mol. The molecular weight excluding hydrogens is 394 g/mol. The number of aryl methyl sites for hydroxylation is 1. The van der Waals surface area contributed by atoms with Crippen LogP contribution in [0.3, 0.4) is 0 Å². The van der Waals surface area contributed by atoms with Crippen molar-refractivity contribution in [3.8, 4) is 5.75 Å². The van der Waals surface area contributed by atoms with Crippen molar-refractivity contribution in [2.24, 2.45) is 0 Å². The summed E-state index contributed by atoms with van der Waals surface area (Å²) in [7, 11) is 1.52. The number of rotatable bonds is 7. The van der Waals surface area contributed by atoms with Crippen LogP contribution in [0.5, 0.6) is 5.75 Å². The Labute approximate surface area is 180 Å². The number of benzene rings is 3. The lowest BCUT2D eigenvalue weighted by atomic mass is 10.1. The van der Waals surface area contributed by atoms with E-state index in [0.29, 0.717) is 22.7 Å². The molecule has 0 aliphatic carbocycles. The molecule has 3 N–H and O–H groups in total. The average molecular weight is 417 g/mol. The maximum atomic E-state index is 12.7. The molecule has 3 rings (SSSR count). The first-order valence-corrected chi connectivity index (χ1v) is 9.66. The molecule has 0 bridgehead atoms. The van der Waals surface area contributed by atoms with E-state index in [1.54, 1.807) is 60.7 Å². The molecule has 158 valence electrons. The zero-order valence-corrected chi connectivity index (χ0v) is 17.3. The van der Waals surface area contributed by atoms with Crippen molar-refractivity contribution in [1.82, 2.24) is 5.32 Å². The Hall–Kier alpha value is -4.13.